The summed E-state index contributed by atoms with van der Waals surface area (Å²) in [5, 5.41) is 12.1. The smallest absolute Gasteiger partial charge is 0.309 e. The van der Waals surface area contributed by atoms with Crippen molar-refractivity contribution in [2.45, 2.75) is 19.4 Å². The molecular weight excluding hydrogens is 296 g/mol. The number of hydrogen-bond donors (Lipinski definition) is 1. The number of aliphatic carboxylic acids is 1. The molecule has 1 unspecified atom stereocenters. The molecule has 2 aromatic rings. The first-order valence-electron chi connectivity index (χ1n) is 6.12. The van der Waals surface area contributed by atoms with E-state index in [1.54, 1.807) is 5.38 Å². The van der Waals surface area contributed by atoms with Crippen molar-refractivity contribution in [1.29, 1.82) is 0 Å². The van der Waals surface area contributed by atoms with Gasteiger partial charge in [-0.2, -0.15) is 0 Å². The molecule has 0 saturated heterocycles. The largest absolute Gasteiger partial charge is 0.481 e. The molecule has 1 heterocycles. The third-order valence-corrected chi connectivity index (χ3v) is 4.43. The lowest BCUT2D eigenvalue weighted by atomic mass is 10.1. The van der Waals surface area contributed by atoms with Crippen molar-refractivity contribution in [2.75, 3.05) is 11.9 Å². The van der Waals surface area contributed by atoms with E-state index in [0.717, 1.165) is 10.7 Å². The maximum atomic E-state index is 10.7. The summed E-state index contributed by atoms with van der Waals surface area (Å²) in [6.07, 6.45) is -0.0508. The van der Waals surface area contributed by atoms with Gasteiger partial charge in [0.1, 0.15) is 0 Å². The Bertz CT molecular complexity index is 615. The molecular formula is C14H15ClN2O2S. The summed E-state index contributed by atoms with van der Waals surface area (Å²) in [6.45, 7) is 2.04. The zero-order chi connectivity index (χ0) is 14.7. The quantitative estimate of drug-likeness (QED) is 0.916. The Labute approximate surface area is 126 Å². The van der Waals surface area contributed by atoms with Crippen LogP contribution >= 0.6 is 22.9 Å². The lowest BCUT2D eigenvalue weighted by Crippen LogP contribution is -2.21. The van der Waals surface area contributed by atoms with Gasteiger partial charge in [-0.1, -0.05) is 29.8 Å². The Kier molecular flexibility index (Phi) is 4.62. The van der Waals surface area contributed by atoms with Gasteiger partial charge in [-0.25, -0.2) is 4.98 Å². The Balaban J connectivity index is 2.18. The number of carbonyl (C=O) groups is 1. The summed E-state index contributed by atoms with van der Waals surface area (Å²) < 4.78 is 0. The molecule has 6 heteroatoms. The summed E-state index contributed by atoms with van der Waals surface area (Å²) >= 11 is 7.64. The van der Waals surface area contributed by atoms with Crippen molar-refractivity contribution in [1.82, 2.24) is 4.98 Å². The van der Waals surface area contributed by atoms with E-state index < -0.39 is 5.97 Å². The molecule has 0 bridgehead atoms. The lowest BCUT2D eigenvalue weighted by Gasteiger charge is -2.25. The fourth-order valence-electron chi connectivity index (χ4n) is 1.88. The average molecular weight is 311 g/mol. The number of hydrogen-bond acceptors (Lipinski definition) is 4. The highest BCUT2D eigenvalue weighted by Gasteiger charge is 2.18. The van der Waals surface area contributed by atoms with Gasteiger partial charge >= 0.3 is 5.97 Å². The Morgan fingerprint density at radius 1 is 1.50 bits per heavy atom. The van der Waals surface area contributed by atoms with E-state index in [1.807, 2.05) is 43.1 Å². The summed E-state index contributed by atoms with van der Waals surface area (Å²) in [5.74, 6) is -0.872. The van der Waals surface area contributed by atoms with Crippen LogP contribution in [0.2, 0.25) is 5.02 Å². The SMILES string of the molecule is CC(c1ccccc1Cl)N(C)c1nc(CC(=O)O)cs1. The van der Waals surface area contributed by atoms with Crippen LogP contribution in [0.25, 0.3) is 0 Å². The van der Waals surface area contributed by atoms with Gasteiger partial charge in [0, 0.05) is 17.5 Å². The molecule has 0 aliphatic carbocycles. The molecule has 4 nitrogen and oxygen atoms in total. The van der Waals surface area contributed by atoms with Gasteiger partial charge in [-0.05, 0) is 18.6 Å². The number of anilines is 1. The maximum Gasteiger partial charge on any atom is 0.309 e. The molecule has 0 aliphatic rings. The van der Waals surface area contributed by atoms with Crippen LogP contribution in [-0.4, -0.2) is 23.1 Å². The van der Waals surface area contributed by atoms with Crippen molar-refractivity contribution in [2.24, 2.45) is 0 Å². The minimum Gasteiger partial charge on any atom is -0.481 e. The third-order valence-electron chi connectivity index (χ3n) is 3.11. The predicted octanol–water partition coefficient (Wildman–Crippen LogP) is 3.62. The first-order valence-corrected chi connectivity index (χ1v) is 7.38. The van der Waals surface area contributed by atoms with E-state index in [4.69, 9.17) is 16.7 Å². The highest BCUT2D eigenvalue weighted by atomic mass is 35.5. The first kappa shape index (κ1) is 14.8. The van der Waals surface area contributed by atoms with Gasteiger partial charge in [0.05, 0.1) is 18.2 Å². The molecule has 1 atom stereocenters. The Hall–Kier alpha value is -1.59. The average Bonchev–Trinajstić information content (AvgIpc) is 2.85. The van der Waals surface area contributed by atoms with Gasteiger partial charge in [-0.3, -0.25) is 4.79 Å². The fraction of sp³-hybridized carbons (Fsp3) is 0.286. The van der Waals surface area contributed by atoms with Crippen LogP contribution in [0.3, 0.4) is 0 Å². The van der Waals surface area contributed by atoms with Gasteiger partial charge in [0.25, 0.3) is 0 Å². The number of thiazole rings is 1. The van der Waals surface area contributed by atoms with E-state index in [-0.39, 0.29) is 12.5 Å². The molecule has 0 aliphatic heterocycles. The van der Waals surface area contributed by atoms with E-state index in [9.17, 15) is 4.79 Å². The van der Waals surface area contributed by atoms with Crippen LogP contribution in [0, 0.1) is 0 Å². The topological polar surface area (TPSA) is 53.4 Å². The van der Waals surface area contributed by atoms with Gasteiger partial charge in [0.2, 0.25) is 0 Å². The molecule has 0 radical (unpaired) electrons. The number of rotatable bonds is 5. The van der Waals surface area contributed by atoms with Crippen molar-refractivity contribution in [3.8, 4) is 0 Å². The molecule has 106 valence electrons. The highest BCUT2D eigenvalue weighted by Crippen LogP contribution is 2.31. The Morgan fingerprint density at radius 3 is 2.85 bits per heavy atom. The molecule has 0 saturated carbocycles. The van der Waals surface area contributed by atoms with Crippen molar-refractivity contribution >= 4 is 34.0 Å². The molecule has 1 aromatic carbocycles. The second kappa shape index (κ2) is 6.24. The fourth-order valence-corrected chi connectivity index (χ4v) is 3.05. The van der Waals surface area contributed by atoms with E-state index >= 15 is 0 Å². The minimum atomic E-state index is -0.872. The van der Waals surface area contributed by atoms with Crippen molar-refractivity contribution in [3.05, 3.63) is 45.9 Å². The van der Waals surface area contributed by atoms with Crippen LogP contribution in [0.4, 0.5) is 5.13 Å². The van der Waals surface area contributed by atoms with Gasteiger partial charge in [-0.15, -0.1) is 11.3 Å². The molecule has 0 fully saturated rings. The monoisotopic (exact) mass is 310 g/mol. The zero-order valence-electron chi connectivity index (χ0n) is 11.2. The van der Waals surface area contributed by atoms with Crippen LogP contribution in [-0.2, 0) is 11.2 Å². The summed E-state index contributed by atoms with van der Waals surface area (Å²) in [7, 11) is 1.93. The van der Waals surface area contributed by atoms with Gasteiger partial charge in [0.15, 0.2) is 5.13 Å². The first-order chi connectivity index (χ1) is 9.49. The highest BCUT2D eigenvalue weighted by molar-refractivity contribution is 7.13. The third kappa shape index (κ3) is 3.29. The van der Waals surface area contributed by atoms with Crippen LogP contribution in [0.5, 0.6) is 0 Å². The van der Waals surface area contributed by atoms with Crippen LogP contribution < -0.4 is 4.90 Å². The lowest BCUT2D eigenvalue weighted by molar-refractivity contribution is -0.136. The second-order valence-electron chi connectivity index (χ2n) is 4.50. The molecule has 0 spiro atoms. The van der Waals surface area contributed by atoms with Crippen molar-refractivity contribution < 1.29 is 9.90 Å². The normalized spacial score (nSPS) is 12.2. The zero-order valence-corrected chi connectivity index (χ0v) is 12.8. The number of halogens is 1. The van der Waals surface area contributed by atoms with Crippen molar-refractivity contribution in [3.63, 3.8) is 0 Å². The number of aromatic nitrogens is 1. The number of carboxylic acid groups (broad SMARTS) is 1. The predicted molar refractivity (Wildman–Crippen MR) is 81.7 cm³/mol. The summed E-state index contributed by atoms with van der Waals surface area (Å²) in [6, 6.07) is 7.75. The molecule has 2 rings (SSSR count). The van der Waals surface area contributed by atoms with Gasteiger partial charge < -0.3 is 10.0 Å². The van der Waals surface area contributed by atoms with Crippen LogP contribution in [0.1, 0.15) is 24.2 Å². The Morgan fingerprint density at radius 2 is 2.20 bits per heavy atom. The maximum absolute atomic E-state index is 10.7. The molecule has 20 heavy (non-hydrogen) atoms. The second-order valence-corrected chi connectivity index (χ2v) is 5.74. The number of nitrogens with zero attached hydrogens (tertiary/aromatic N) is 2. The minimum absolute atomic E-state index is 0.0508. The number of carboxylic acids is 1. The standard InChI is InChI=1S/C14H15ClN2O2S/c1-9(11-5-3-4-6-12(11)15)17(2)14-16-10(8-20-14)7-13(18)19/h3-6,8-9H,7H2,1-2H3,(H,18,19). The van der Waals surface area contributed by atoms with E-state index in [2.05, 4.69) is 4.98 Å². The molecule has 1 N–H and O–H groups in total. The van der Waals surface area contributed by atoms with Crippen LogP contribution in [0.15, 0.2) is 29.6 Å². The molecule has 0 amide bonds. The number of benzene rings is 1. The summed E-state index contributed by atoms with van der Waals surface area (Å²) in [4.78, 5) is 17.0. The molecule has 1 aromatic heterocycles. The summed E-state index contributed by atoms with van der Waals surface area (Å²) in [5.41, 5.74) is 1.60. The van der Waals surface area contributed by atoms with E-state index in [0.29, 0.717) is 10.7 Å². The van der Waals surface area contributed by atoms with E-state index in [1.165, 1.54) is 11.3 Å².